The van der Waals surface area contributed by atoms with Crippen LogP contribution < -0.4 is 15.1 Å². The van der Waals surface area contributed by atoms with E-state index in [1.807, 2.05) is 79.0 Å². The zero-order valence-corrected chi connectivity index (χ0v) is 24.2. The molecule has 3 atom stereocenters. The van der Waals surface area contributed by atoms with Gasteiger partial charge in [0.1, 0.15) is 11.8 Å². The Balaban J connectivity index is 1.23. The summed E-state index contributed by atoms with van der Waals surface area (Å²) in [5.41, 5.74) is 2.21. The van der Waals surface area contributed by atoms with Crippen LogP contribution in [0.2, 0.25) is 0 Å². The highest BCUT2D eigenvalue weighted by Gasteiger charge is 2.57. The Morgan fingerprint density at radius 1 is 0.902 bits per heavy atom. The molecule has 0 bridgehead atoms. The molecule has 2 aliphatic rings. The molecule has 41 heavy (non-hydrogen) atoms. The highest BCUT2D eigenvalue weighted by Crippen LogP contribution is 2.54. The quantitative estimate of drug-likeness (QED) is 0.256. The van der Waals surface area contributed by atoms with Gasteiger partial charge in [-0.25, -0.2) is 4.90 Å². The molecule has 5 aromatic rings. The summed E-state index contributed by atoms with van der Waals surface area (Å²) in [6, 6.07) is 24.7. The zero-order valence-electron chi connectivity index (χ0n) is 21.8. The molecule has 0 aliphatic carbocycles. The second-order valence-corrected chi connectivity index (χ2v) is 13.2. The number of hydrogen-bond acceptors (Lipinski definition) is 7. The molecule has 3 amide bonds. The number of rotatable bonds is 5. The summed E-state index contributed by atoms with van der Waals surface area (Å²) in [4.78, 5) is 56.8. The van der Waals surface area contributed by atoms with Crippen molar-refractivity contribution in [3.8, 4) is 0 Å². The molecule has 0 saturated carbocycles. The SMILES string of the molecule is Cc1ccc(N2C(=O)C3Sc4c(sc(=O)n4CC(=O)Nc4ccc5ccccc5c4)C(c4cccs4)C3C2=O)cc1. The van der Waals surface area contributed by atoms with Crippen LogP contribution in [0, 0.1) is 12.8 Å². The number of imide groups is 1. The average Bonchev–Trinajstić information content (AvgIpc) is 3.66. The van der Waals surface area contributed by atoms with Gasteiger partial charge >= 0.3 is 4.87 Å². The second kappa shape index (κ2) is 10.1. The highest BCUT2D eigenvalue weighted by atomic mass is 32.2. The van der Waals surface area contributed by atoms with E-state index >= 15 is 0 Å². The predicted molar refractivity (Wildman–Crippen MR) is 164 cm³/mol. The monoisotopic (exact) mass is 597 g/mol. The van der Waals surface area contributed by atoms with Crippen molar-refractivity contribution in [1.29, 1.82) is 0 Å². The molecular formula is C31H23N3O4S3. The van der Waals surface area contributed by atoms with E-state index in [0.29, 0.717) is 16.4 Å². The van der Waals surface area contributed by atoms with Gasteiger partial charge in [-0.1, -0.05) is 77.2 Å². The van der Waals surface area contributed by atoms with E-state index < -0.39 is 17.1 Å². The van der Waals surface area contributed by atoms with Crippen LogP contribution in [0.1, 0.15) is 21.2 Å². The summed E-state index contributed by atoms with van der Waals surface area (Å²) in [6.45, 7) is 1.76. The van der Waals surface area contributed by atoms with Crippen molar-refractivity contribution < 1.29 is 14.4 Å². The first kappa shape index (κ1) is 25.9. The second-order valence-electron chi connectivity index (χ2n) is 10.1. The van der Waals surface area contributed by atoms with E-state index in [-0.39, 0.29) is 29.1 Å². The molecule has 3 unspecified atom stereocenters. The Kier molecular flexibility index (Phi) is 6.41. The fourth-order valence-electron chi connectivity index (χ4n) is 5.59. The largest absolute Gasteiger partial charge is 0.325 e. The summed E-state index contributed by atoms with van der Waals surface area (Å²) in [7, 11) is 0. The minimum absolute atomic E-state index is 0.192. The molecule has 1 N–H and O–H groups in total. The number of amides is 3. The van der Waals surface area contributed by atoms with Crippen molar-refractivity contribution in [3.05, 3.63) is 109 Å². The van der Waals surface area contributed by atoms with E-state index in [0.717, 1.165) is 37.4 Å². The molecule has 0 spiro atoms. The van der Waals surface area contributed by atoms with Crippen LogP contribution in [-0.4, -0.2) is 27.5 Å². The third-order valence-corrected chi connectivity index (χ3v) is 11.1. The zero-order chi connectivity index (χ0) is 28.2. The van der Waals surface area contributed by atoms with Gasteiger partial charge in [-0.2, -0.15) is 0 Å². The summed E-state index contributed by atoms with van der Waals surface area (Å²) in [5, 5.41) is 6.79. The molecule has 10 heteroatoms. The lowest BCUT2D eigenvalue weighted by molar-refractivity contribution is -0.122. The lowest BCUT2D eigenvalue weighted by Crippen LogP contribution is -2.32. The first-order valence-electron chi connectivity index (χ1n) is 13.1. The maximum absolute atomic E-state index is 13.9. The van der Waals surface area contributed by atoms with E-state index in [1.165, 1.54) is 32.6 Å². The molecule has 2 aromatic heterocycles. The van der Waals surface area contributed by atoms with E-state index in [2.05, 4.69) is 5.32 Å². The predicted octanol–water partition coefficient (Wildman–Crippen LogP) is 5.87. The van der Waals surface area contributed by atoms with Crippen LogP contribution in [-0.2, 0) is 20.9 Å². The van der Waals surface area contributed by atoms with Crippen LogP contribution in [0.5, 0.6) is 0 Å². The first-order chi connectivity index (χ1) is 19.9. The Labute approximate surface area is 247 Å². The van der Waals surface area contributed by atoms with Crippen LogP contribution in [0.4, 0.5) is 11.4 Å². The maximum Gasteiger partial charge on any atom is 0.308 e. The normalized spacial score (nSPS) is 19.8. The topological polar surface area (TPSA) is 88.5 Å². The van der Waals surface area contributed by atoms with Crippen LogP contribution in [0.15, 0.2) is 94.1 Å². The van der Waals surface area contributed by atoms with Gasteiger partial charge in [0.15, 0.2) is 0 Å². The molecular weight excluding hydrogens is 575 g/mol. The number of thiazole rings is 1. The van der Waals surface area contributed by atoms with Crippen LogP contribution >= 0.6 is 34.4 Å². The molecule has 4 heterocycles. The van der Waals surface area contributed by atoms with Crippen LogP contribution in [0.3, 0.4) is 0 Å². The van der Waals surface area contributed by atoms with Gasteiger partial charge in [0.2, 0.25) is 17.7 Å². The lowest BCUT2D eigenvalue weighted by Gasteiger charge is -2.29. The molecule has 2 aliphatic heterocycles. The fraction of sp³-hybridized carbons (Fsp3) is 0.161. The molecule has 0 radical (unpaired) electrons. The minimum Gasteiger partial charge on any atom is -0.325 e. The maximum atomic E-state index is 13.9. The Morgan fingerprint density at radius 3 is 2.44 bits per heavy atom. The standard InChI is InChI=1S/C31H23N3O4S3/c1-17-8-12-21(13-9-17)34-28(36)25-24(22-7-4-14-39-22)27-30(40-26(25)29(34)37)33(31(38)41-27)16-23(35)32-20-11-10-18-5-2-3-6-19(18)15-20/h2-15,24-26H,16H2,1H3,(H,32,35). The van der Waals surface area contributed by atoms with Crippen LogP contribution in [0.25, 0.3) is 10.8 Å². The van der Waals surface area contributed by atoms with Gasteiger partial charge in [-0.3, -0.25) is 23.7 Å². The molecule has 3 aromatic carbocycles. The summed E-state index contributed by atoms with van der Waals surface area (Å²) >= 11 is 3.78. The van der Waals surface area contributed by atoms with Crippen molar-refractivity contribution in [2.24, 2.45) is 5.92 Å². The highest BCUT2D eigenvalue weighted by molar-refractivity contribution is 8.00. The average molecular weight is 598 g/mol. The molecule has 7 rings (SSSR count). The Bertz CT molecular complexity index is 1890. The van der Waals surface area contributed by atoms with E-state index in [1.54, 1.807) is 12.1 Å². The van der Waals surface area contributed by atoms with Gasteiger partial charge in [-0.05, 0) is 53.4 Å². The Hall–Kier alpha value is -3.99. The summed E-state index contributed by atoms with van der Waals surface area (Å²) < 4.78 is 1.45. The first-order valence-corrected chi connectivity index (χ1v) is 15.6. The van der Waals surface area contributed by atoms with Gasteiger partial charge in [0.05, 0.1) is 16.6 Å². The van der Waals surface area contributed by atoms with E-state index in [9.17, 15) is 19.2 Å². The van der Waals surface area contributed by atoms with Gasteiger partial charge in [-0.15, -0.1) is 11.3 Å². The molecule has 1 saturated heterocycles. The number of benzene rings is 3. The smallest absolute Gasteiger partial charge is 0.308 e. The van der Waals surface area contributed by atoms with Gasteiger partial charge in [0, 0.05) is 21.4 Å². The number of hydrogen-bond donors (Lipinski definition) is 1. The molecule has 7 nitrogen and oxygen atoms in total. The number of aryl methyl sites for hydroxylation is 1. The summed E-state index contributed by atoms with van der Waals surface area (Å²) in [5.74, 6) is -1.98. The van der Waals surface area contributed by atoms with Crippen molar-refractivity contribution in [1.82, 2.24) is 4.57 Å². The molecule has 204 valence electrons. The number of thioether (sulfide) groups is 1. The number of aromatic nitrogens is 1. The van der Waals surface area contributed by atoms with Crippen molar-refractivity contribution in [2.45, 2.75) is 29.7 Å². The van der Waals surface area contributed by atoms with Gasteiger partial charge < -0.3 is 5.32 Å². The van der Waals surface area contributed by atoms with Crippen molar-refractivity contribution >= 4 is 74.3 Å². The number of anilines is 2. The van der Waals surface area contributed by atoms with Gasteiger partial charge in [0.25, 0.3) is 0 Å². The third kappa shape index (κ3) is 4.43. The minimum atomic E-state index is -0.702. The summed E-state index contributed by atoms with van der Waals surface area (Å²) in [6.07, 6.45) is 0. The van der Waals surface area contributed by atoms with E-state index in [4.69, 9.17) is 0 Å². The number of carbonyl (C=O) groups excluding carboxylic acids is 3. The number of carbonyl (C=O) groups is 3. The third-order valence-electron chi connectivity index (χ3n) is 7.53. The van der Waals surface area contributed by atoms with Crippen molar-refractivity contribution in [3.63, 3.8) is 0 Å². The molecule has 1 fully saturated rings. The number of thiophene rings is 1. The lowest BCUT2D eigenvalue weighted by atomic mass is 9.87. The number of nitrogens with zero attached hydrogens (tertiary/aromatic N) is 2. The fourth-order valence-corrected chi connectivity index (χ4v) is 9.31. The number of fused-ring (bicyclic) bond motifs is 3. The Morgan fingerprint density at radius 2 is 1.68 bits per heavy atom. The number of nitrogens with one attached hydrogen (secondary N) is 1. The van der Waals surface area contributed by atoms with Crippen molar-refractivity contribution in [2.75, 3.05) is 10.2 Å².